The molecule has 91 valence electrons. The zero-order valence-corrected chi connectivity index (χ0v) is 11.0. The number of ether oxygens (including phenoxy) is 1. The zero-order chi connectivity index (χ0) is 11.3. The van der Waals surface area contributed by atoms with Crippen molar-refractivity contribution in [1.82, 2.24) is 0 Å². The lowest BCUT2D eigenvalue weighted by Crippen LogP contribution is -2.53. The third-order valence-electron chi connectivity index (χ3n) is 5.22. The largest absolute Gasteiger partial charge is 0.371 e. The van der Waals surface area contributed by atoms with Crippen molar-refractivity contribution in [2.24, 2.45) is 17.8 Å². The molecule has 16 heavy (non-hydrogen) atoms. The molecule has 0 aliphatic heterocycles. The standard InChI is InChI=1S/C15H25O/c1-10(2)11(3)16-15-7-12-4-13(8-15)6-14(5-12)9-15/h11-14H,4-9H2,1-3H3. The minimum absolute atomic E-state index is 0.283. The summed E-state index contributed by atoms with van der Waals surface area (Å²) in [5.74, 6) is 4.41. The summed E-state index contributed by atoms with van der Waals surface area (Å²) >= 11 is 0. The fraction of sp³-hybridized carbons (Fsp3) is 0.933. The molecule has 4 bridgehead atoms. The second kappa shape index (κ2) is 3.73. The molecule has 4 aliphatic rings. The van der Waals surface area contributed by atoms with Gasteiger partial charge in [-0.25, -0.2) is 0 Å². The van der Waals surface area contributed by atoms with E-state index in [1.165, 1.54) is 44.4 Å². The topological polar surface area (TPSA) is 9.23 Å². The van der Waals surface area contributed by atoms with Gasteiger partial charge in [0.2, 0.25) is 0 Å². The lowest BCUT2D eigenvalue weighted by molar-refractivity contribution is -0.180. The second-order valence-electron chi connectivity index (χ2n) is 6.94. The Balaban J connectivity index is 1.73. The lowest BCUT2D eigenvalue weighted by Gasteiger charge is -2.57. The van der Waals surface area contributed by atoms with Gasteiger partial charge in [0.25, 0.3) is 0 Å². The number of rotatable bonds is 3. The normalized spacial score (nSPS) is 47.6. The summed E-state index contributed by atoms with van der Waals surface area (Å²) in [6.45, 7) is 6.63. The van der Waals surface area contributed by atoms with Gasteiger partial charge in [-0.2, -0.15) is 0 Å². The maximum atomic E-state index is 6.47. The van der Waals surface area contributed by atoms with Gasteiger partial charge < -0.3 is 4.74 Å². The molecule has 1 radical (unpaired) electrons. The maximum absolute atomic E-state index is 6.47. The summed E-state index contributed by atoms with van der Waals surface area (Å²) in [5.41, 5.74) is 0.283. The highest BCUT2D eigenvalue weighted by Gasteiger charge is 2.52. The van der Waals surface area contributed by atoms with Crippen molar-refractivity contribution in [3.8, 4) is 0 Å². The molecule has 4 fully saturated rings. The van der Waals surface area contributed by atoms with Crippen LogP contribution in [0.15, 0.2) is 0 Å². The van der Waals surface area contributed by atoms with Crippen LogP contribution in [0.1, 0.15) is 59.3 Å². The van der Waals surface area contributed by atoms with Gasteiger partial charge in [-0.3, -0.25) is 0 Å². The summed E-state index contributed by atoms with van der Waals surface area (Å²) in [4.78, 5) is 0. The van der Waals surface area contributed by atoms with Gasteiger partial charge in [-0.05, 0) is 69.1 Å². The molecule has 1 nitrogen and oxygen atoms in total. The number of hydrogen-bond donors (Lipinski definition) is 0. The highest BCUT2D eigenvalue weighted by molar-refractivity contribution is 5.04. The summed E-state index contributed by atoms with van der Waals surface area (Å²) in [5, 5.41) is 0. The van der Waals surface area contributed by atoms with Gasteiger partial charge in [-0.1, -0.05) is 13.8 Å². The smallest absolute Gasteiger partial charge is 0.0694 e. The van der Waals surface area contributed by atoms with E-state index in [0.29, 0.717) is 6.10 Å². The molecule has 0 N–H and O–H groups in total. The predicted octanol–water partition coefficient (Wildman–Crippen LogP) is 3.97. The van der Waals surface area contributed by atoms with Crippen molar-refractivity contribution in [2.75, 3.05) is 0 Å². The molecule has 4 aliphatic carbocycles. The summed E-state index contributed by atoms with van der Waals surface area (Å²) in [7, 11) is 0. The minimum Gasteiger partial charge on any atom is -0.371 e. The first-order valence-electron chi connectivity index (χ1n) is 7.04. The monoisotopic (exact) mass is 221 g/mol. The fourth-order valence-electron chi connectivity index (χ4n) is 4.67. The first kappa shape index (κ1) is 11.1. The molecule has 0 amide bonds. The molecule has 4 saturated carbocycles. The molecule has 0 aromatic carbocycles. The molecule has 4 rings (SSSR count). The van der Waals surface area contributed by atoms with Crippen molar-refractivity contribution < 1.29 is 4.74 Å². The van der Waals surface area contributed by atoms with Crippen LogP contribution < -0.4 is 0 Å². The fourth-order valence-corrected chi connectivity index (χ4v) is 4.67. The average molecular weight is 221 g/mol. The Hall–Kier alpha value is -0.0400. The van der Waals surface area contributed by atoms with Crippen LogP contribution in [-0.4, -0.2) is 11.7 Å². The van der Waals surface area contributed by atoms with Gasteiger partial charge in [0, 0.05) is 0 Å². The Morgan fingerprint density at radius 3 is 1.81 bits per heavy atom. The molecule has 1 unspecified atom stereocenters. The second-order valence-corrected chi connectivity index (χ2v) is 6.94. The molecule has 0 aromatic rings. The van der Waals surface area contributed by atoms with E-state index in [0.717, 1.165) is 17.8 Å². The van der Waals surface area contributed by atoms with Crippen molar-refractivity contribution in [2.45, 2.75) is 71.0 Å². The van der Waals surface area contributed by atoms with Crippen molar-refractivity contribution in [3.63, 3.8) is 0 Å². The Labute approximate surface area is 99.9 Å². The minimum atomic E-state index is 0.283. The van der Waals surface area contributed by atoms with E-state index in [4.69, 9.17) is 4.74 Å². The third kappa shape index (κ3) is 1.81. The van der Waals surface area contributed by atoms with E-state index in [2.05, 4.69) is 20.8 Å². The molecule has 1 atom stereocenters. The van der Waals surface area contributed by atoms with E-state index in [-0.39, 0.29) is 5.60 Å². The SMILES string of the molecule is C[C](C)C(C)OC12CC3CC(CC(C3)C1)C2. The van der Waals surface area contributed by atoms with E-state index in [1.54, 1.807) is 0 Å². The van der Waals surface area contributed by atoms with Crippen LogP contribution in [0.5, 0.6) is 0 Å². The predicted molar refractivity (Wildman–Crippen MR) is 66.0 cm³/mol. The lowest BCUT2D eigenvalue weighted by atomic mass is 9.54. The van der Waals surface area contributed by atoms with Crippen molar-refractivity contribution >= 4 is 0 Å². The maximum Gasteiger partial charge on any atom is 0.0694 e. The Morgan fingerprint density at radius 2 is 1.44 bits per heavy atom. The van der Waals surface area contributed by atoms with Gasteiger partial charge >= 0.3 is 0 Å². The van der Waals surface area contributed by atoms with Crippen LogP contribution in [0.3, 0.4) is 0 Å². The summed E-state index contributed by atoms with van der Waals surface area (Å²) in [6, 6.07) is 0. The van der Waals surface area contributed by atoms with Gasteiger partial charge in [0.1, 0.15) is 0 Å². The van der Waals surface area contributed by atoms with E-state index < -0.39 is 0 Å². The van der Waals surface area contributed by atoms with Gasteiger partial charge in [-0.15, -0.1) is 0 Å². The Morgan fingerprint density at radius 1 is 1.00 bits per heavy atom. The van der Waals surface area contributed by atoms with E-state index >= 15 is 0 Å². The molecule has 0 spiro atoms. The van der Waals surface area contributed by atoms with Crippen LogP contribution in [0.2, 0.25) is 0 Å². The first-order chi connectivity index (χ1) is 7.56. The van der Waals surface area contributed by atoms with Crippen LogP contribution in [0.4, 0.5) is 0 Å². The third-order valence-corrected chi connectivity index (χ3v) is 5.22. The molecule has 0 saturated heterocycles. The van der Waals surface area contributed by atoms with Crippen LogP contribution in [0.25, 0.3) is 0 Å². The van der Waals surface area contributed by atoms with Gasteiger partial charge in [0.05, 0.1) is 11.7 Å². The van der Waals surface area contributed by atoms with E-state index in [9.17, 15) is 0 Å². The molecule has 0 aromatic heterocycles. The van der Waals surface area contributed by atoms with Crippen LogP contribution in [0, 0.1) is 23.7 Å². The summed E-state index contributed by atoms with van der Waals surface area (Å²) < 4.78 is 6.47. The van der Waals surface area contributed by atoms with Crippen molar-refractivity contribution in [3.05, 3.63) is 5.92 Å². The molecule has 1 heteroatoms. The van der Waals surface area contributed by atoms with Crippen molar-refractivity contribution in [1.29, 1.82) is 0 Å². The molecular weight excluding hydrogens is 196 g/mol. The Kier molecular flexibility index (Phi) is 2.58. The summed E-state index contributed by atoms with van der Waals surface area (Å²) in [6.07, 6.45) is 8.95. The number of hydrogen-bond acceptors (Lipinski definition) is 1. The highest BCUT2D eigenvalue weighted by Crippen LogP contribution is 2.57. The molecular formula is C15H25O. The first-order valence-corrected chi connectivity index (χ1v) is 7.04. The molecule has 0 heterocycles. The average Bonchev–Trinajstić information content (AvgIpc) is 2.13. The highest BCUT2D eigenvalue weighted by atomic mass is 16.5. The zero-order valence-electron chi connectivity index (χ0n) is 11.0. The quantitative estimate of drug-likeness (QED) is 0.700. The van der Waals surface area contributed by atoms with Crippen LogP contribution >= 0.6 is 0 Å². The van der Waals surface area contributed by atoms with Crippen LogP contribution in [-0.2, 0) is 4.74 Å². The van der Waals surface area contributed by atoms with E-state index in [1.807, 2.05) is 0 Å². The van der Waals surface area contributed by atoms with Gasteiger partial charge in [0.15, 0.2) is 0 Å². The Bertz CT molecular complexity index is 233.